The van der Waals surface area contributed by atoms with Gasteiger partial charge in [0.15, 0.2) is 0 Å². The van der Waals surface area contributed by atoms with Crippen LogP contribution in [0.3, 0.4) is 0 Å². The molecular formula is C10H18N2O4. The van der Waals surface area contributed by atoms with Gasteiger partial charge in [-0.05, 0) is 19.3 Å². The molecule has 1 fully saturated rings. The van der Waals surface area contributed by atoms with Crippen LogP contribution in [0.5, 0.6) is 0 Å². The number of rotatable bonds is 4. The van der Waals surface area contributed by atoms with Gasteiger partial charge in [0, 0.05) is 6.54 Å². The minimum Gasteiger partial charge on any atom is -0.480 e. The summed E-state index contributed by atoms with van der Waals surface area (Å²) in [5, 5.41) is 20.3. The van der Waals surface area contributed by atoms with Crippen LogP contribution in [0.2, 0.25) is 0 Å². The van der Waals surface area contributed by atoms with Gasteiger partial charge in [-0.3, -0.25) is 0 Å². The van der Waals surface area contributed by atoms with Gasteiger partial charge in [-0.25, -0.2) is 9.59 Å². The SMILES string of the molecule is CC[C@@H](NC(=O)N1CCCC1CO)C(=O)O. The lowest BCUT2D eigenvalue weighted by Gasteiger charge is -2.25. The molecule has 1 saturated heterocycles. The molecule has 0 aromatic heterocycles. The lowest BCUT2D eigenvalue weighted by atomic mass is 10.2. The minimum absolute atomic E-state index is 0.0721. The van der Waals surface area contributed by atoms with Crippen molar-refractivity contribution in [3.05, 3.63) is 0 Å². The molecule has 0 aliphatic carbocycles. The van der Waals surface area contributed by atoms with Crippen LogP contribution in [0.15, 0.2) is 0 Å². The molecule has 0 aromatic rings. The smallest absolute Gasteiger partial charge is 0.326 e. The maximum Gasteiger partial charge on any atom is 0.326 e. The number of nitrogens with one attached hydrogen (secondary N) is 1. The van der Waals surface area contributed by atoms with Gasteiger partial charge in [0.2, 0.25) is 0 Å². The zero-order valence-corrected chi connectivity index (χ0v) is 9.35. The third kappa shape index (κ3) is 2.85. The second kappa shape index (κ2) is 5.69. The zero-order chi connectivity index (χ0) is 12.1. The predicted octanol–water partition coefficient (Wildman–Crippen LogP) is 0.0159. The molecule has 2 atom stereocenters. The second-order valence-corrected chi connectivity index (χ2v) is 3.92. The van der Waals surface area contributed by atoms with Gasteiger partial charge in [-0.2, -0.15) is 0 Å². The number of likely N-dealkylation sites (tertiary alicyclic amines) is 1. The van der Waals surface area contributed by atoms with Gasteiger partial charge in [0.05, 0.1) is 12.6 Å². The highest BCUT2D eigenvalue weighted by Crippen LogP contribution is 2.16. The summed E-state index contributed by atoms with van der Waals surface area (Å²) in [6.07, 6.45) is 1.97. The first kappa shape index (κ1) is 12.8. The van der Waals surface area contributed by atoms with E-state index in [1.807, 2.05) is 0 Å². The number of aliphatic carboxylic acids is 1. The normalized spacial score (nSPS) is 21.9. The van der Waals surface area contributed by atoms with E-state index in [1.54, 1.807) is 6.92 Å². The fraction of sp³-hybridized carbons (Fsp3) is 0.800. The van der Waals surface area contributed by atoms with E-state index in [9.17, 15) is 9.59 Å². The van der Waals surface area contributed by atoms with E-state index in [-0.39, 0.29) is 12.6 Å². The first-order valence-corrected chi connectivity index (χ1v) is 5.51. The Morgan fingerprint density at radius 3 is 2.75 bits per heavy atom. The standard InChI is InChI=1S/C10H18N2O4/c1-2-8(9(14)15)11-10(16)12-5-3-4-7(12)6-13/h7-8,13H,2-6H2,1H3,(H,11,16)(H,14,15)/t7?,8-/m1/s1. The van der Waals surface area contributed by atoms with Gasteiger partial charge in [0.25, 0.3) is 0 Å². The van der Waals surface area contributed by atoms with Crippen molar-refractivity contribution in [3.63, 3.8) is 0 Å². The molecule has 92 valence electrons. The fourth-order valence-electron chi connectivity index (χ4n) is 1.86. The lowest BCUT2D eigenvalue weighted by Crippen LogP contribution is -2.49. The monoisotopic (exact) mass is 230 g/mol. The first-order valence-electron chi connectivity index (χ1n) is 5.51. The van der Waals surface area contributed by atoms with E-state index < -0.39 is 18.0 Å². The number of hydrogen-bond acceptors (Lipinski definition) is 3. The molecule has 0 radical (unpaired) electrons. The lowest BCUT2D eigenvalue weighted by molar-refractivity contribution is -0.139. The Morgan fingerprint density at radius 2 is 2.25 bits per heavy atom. The second-order valence-electron chi connectivity index (χ2n) is 3.92. The first-order chi connectivity index (χ1) is 7.60. The average Bonchev–Trinajstić information content (AvgIpc) is 2.72. The van der Waals surface area contributed by atoms with Crippen molar-refractivity contribution in [2.45, 2.75) is 38.3 Å². The number of carboxylic acid groups (broad SMARTS) is 1. The molecule has 1 aliphatic heterocycles. The molecule has 3 N–H and O–H groups in total. The van der Waals surface area contributed by atoms with Crippen LogP contribution < -0.4 is 5.32 Å². The molecule has 0 bridgehead atoms. The number of hydrogen-bond donors (Lipinski definition) is 3. The molecule has 6 nitrogen and oxygen atoms in total. The van der Waals surface area contributed by atoms with E-state index in [0.717, 1.165) is 12.8 Å². The summed E-state index contributed by atoms with van der Waals surface area (Å²) in [4.78, 5) is 24.0. The Balaban J connectivity index is 2.54. The maximum atomic E-state index is 11.7. The van der Waals surface area contributed by atoms with Crippen molar-refractivity contribution in [2.24, 2.45) is 0 Å². The predicted molar refractivity (Wildman–Crippen MR) is 57.1 cm³/mol. The van der Waals surface area contributed by atoms with Crippen LogP contribution >= 0.6 is 0 Å². The highest BCUT2D eigenvalue weighted by Gasteiger charge is 2.30. The Bertz CT molecular complexity index is 270. The van der Waals surface area contributed by atoms with Gasteiger partial charge in [0.1, 0.15) is 6.04 Å². The summed E-state index contributed by atoms with van der Waals surface area (Å²) in [7, 11) is 0. The molecule has 1 rings (SSSR count). The Morgan fingerprint density at radius 1 is 1.56 bits per heavy atom. The van der Waals surface area contributed by atoms with Crippen molar-refractivity contribution in [2.75, 3.05) is 13.2 Å². The molecule has 16 heavy (non-hydrogen) atoms. The third-order valence-electron chi connectivity index (χ3n) is 2.85. The van der Waals surface area contributed by atoms with E-state index in [1.165, 1.54) is 4.90 Å². The number of carbonyl (C=O) groups is 2. The van der Waals surface area contributed by atoms with Crippen LogP contribution in [-0.4, -0.2) is 52.3 Å². The van der Waals surface area contributed by atoms with Crippen LogP contribution in [0, 0.1) is 0 Å². The number of nitrogens with zero attached hydrogens (tertiary/aromatic N) is 1. The Labute approximate surface area is 94.2 Å². The van der Waals surface area contributed by atoms with Gasteiger partial charge < -0.3 is 20.4 Å². The van der Waals surface area contributed by atoms with Crippen molar-refractivity contribution in [1.82, 2.24) is 10.2 Å². The molecule has 2 amide bonds. The Kier molecular flexibility index (Phi) is 4.54. The van der Waals surface area contributed by atoms with Crippen LogP contribution in [0.1, 0.15) is 26.2 Å². The van der Waals surface area contributed by atoms with Crippen molar-refractivity contribution >= 4 is 12.0 Å². The molecular weight excluding hydrogens is 212 g/mol. The molecule has 1 aliphatic rings. The van der Waals surface area contributed by atoms with Crippen molar-refractivity contribution < 1.29 is 19.8 Å². The summed E-state index contributed by atoms with van der Waals surface area (Å²) in [5.41, 5.74) is 0. The quantitative estimate of drug-likeness (QED) is 0.635. The largest absolute Gasteiger partial charge is 0.480 e. The topological polar surface area (TPSA) is 89.9 Å². The van der Waals surface area contributed by atoms with Gasteiger partial charge in [-0.15, -0.1) is 0 Å². The number of amides is 2. The summed E-state index contributed by atoms with van der Waals surface area (Å²) >= 11 is 0. The summed E-state index contributed by atoms with van der Waals surface area (Å²) in [6.45, 7) is 2.21. The number of urea groups is 1. The van der Waals surface area contributed by atoms with Gasteiger partial charge >= 0.3 is 12.0 Å². The summed E-state index contributed by atoms with van der Waals surface area (Å²) in [5.74, 6) is -1.03. The molecule has 1 unspecified atom stereocenters. The highest BCUT2D eigenvalue weighted by molar-refractivity contribution is 5.82. The zero-order valence-electron chi connectivity index (χ0n) is 9.35. The van der Waals surface area contributed by atoms with Crippen molar-refractivity contribution in [1.29, 1.82) is 0 Å². The third-order valence-corrected chi connectivity index (χ3v) is 2.85. The Hall–Kier alpha value is -1.30. The minimum atomic E-state index is -1.03. The number of aliphatic hydroxyl groups excluding tert-OH is 1. The molecule has 1 heterocycles. The number of carbonyl (C=O) groups excluding carboxylic acids is 1. The molecule has 0 saturated carbocycles. The van der Waals surface area contributed by atoms with E-state index in [0.29, 0.717) is 13.0 Å². The van der Waals surface area contributed by atoms with E-state index in [2.05, 4.69) is 5.32 Å². The summed E-state index contributed by atoms with van der Waals surface area (Å²) < 4.78 is 0. The molecule has 0 spiro atoms. The van der Waals surface area contributed by atoms with Gasteiger partial charge in [-0.1, -0.05) is 6.92 Å². The highest BCUT2D eigenvalue weighted by atomic mass is 16.4. The van der Waals surface area contributed by atoms with Crippen molar-refractivity contribution in [3.8, 4) is 0 Å². The van der Waals surface area contributed by atoms with Crippen LogP contribution in [0.4, 0.5) is 4.79 Å². The maximum absolute atomic E-state index is 11.7. The van der Waals surface area contributed by atoms with E-state index >= 15 is 0 Å². The van der Waals surface area contributed by atoms with Crippen LogP contribution in [0.25, 0.3) is 0 Å². The van der Waals surface area contributed by atoms with E-state index in [4.69, 9.17) is 10.2 Å². The average molecular weight is 230 g/mol. The fourth-order valence-corrected chi connectivity index (χ4v) is 1.86. The molecule has 0 aromatic carbocycles. The molecule has 6 heteroatoms. The number of aliphatic hydroxyl groups is 1. The van der Waals surface area contributed by atoms with Crippen LogP contribution in [-0.2, 0) is 4.79 Å². The summed E-state index contributed by atoms with van der Waals surface area (Å²) in [6, 6.07) is -1.43. The number of carboxylic acids is 1.